The largest absolute Gasteiger partial charge is 0.447 e. The second-order valence-corrected chi connectivity index (χ2v) is 5.41. The first-order chi connectivity index (χ1) is 12.2. The van der Waals surface area contributed by atoms with Crippen molar-refractivity contribution in [3.8, 4) is 11.8 Å². The second-order valence-electron chi connectivity index (χ2n) is 5.41. The molecule has 2 atom stereocenters. The van der Waals surface area contributed by atoms with Crippen LogP contribution in [0.5, 0.6) is 0 Å². The fraction of sp³-hybridized carbons (Fsp3) is 0.286. The Kier molecular flexibility index (Phi) is 7.71. The molecule has 0 aliphatic carbocycles. The maximum Gasteiger partial charge on any atom is 0.341 e. The van der Waals surface area contributed by atoms with E-state index in [0.29, 0.717) is 6.61 Å². The van der Waals surface area contributed by atoms with Crippen molar-refractivity contribution in [1.29, 1.82) is 0 Å². The SMILES string of the molecule is CO[C@H](C(=O)O[C@H](C)C#CCOCc1ccccc1)c1ccccc1. The molecule has 0 bridgehead atoms. The van der Waals surface area contributed by atoms with Crippen molar-refractivity contribution in [3.63, 3.8) is 0 Å². The van der Waals surface area contributed by atoms with Crippen LogP contribution in [0.3, 0.4) is 0 Å². The Labute approximate surface area is 148 Å². The van der Waals surface area contributed by atoms with E-state index in [1.165, 1.54) is 7.11 Å². The molecular formula is C21H22O4. The maximum atomic E-state index is 12.2. The van der Waals surface area contributed by atoms with Gasteiger partial charge in [0.2, 0.25) is 0 Å². The lowest BCUT2D eigenvalue weighted by atomic mass is 10.1. The van der Waals surface area contributed by atoms with Crippen molar-refractivity contribution < 1.29 is 19.0 Å². The molecule has 0 unspecified atom stereocenters. The molecule has 0 aliphatic rings. The van der Waals surface area contributed by atoms with Gasteiger partial charge in [-0.15, -0.1) is 0 Å². The van der Waals surface area contributed by atoms with E-state index in [1.54, 1.807) is 6.92 Å². The third-order valence-corrected chi connectivity index (χ3v) is 3.44. The van der Waals surface area contributed by atoms with E-state index >= 15 is 0 Å². The smallest absolute Gasteiger partial charge is 0.341 e. The number of ether oxygens (including phenoxy) is 3. The molecule has 0 saturated heterocycles. The molecule has 130 valence electrons. The van der Waals surface area contributed by atoms with Gasteiger partial charge < -0.3 is 14.2 Å². The minimum Gasteiger partial charge on any atom is -0.447 e. The maximum absolute atomic E-state index is 12.2. The Morgan fingerprint density at radius 3 is 2.32 bits per heavy atom. The summed E-state index contributed by atoms with van der Waals surface area (Å²) in [5.41, 5.74) is 1.84. The highest BCUT2D eigenvalue weighted by Crippen LogP contribution is 2.18. The van der Waals surface area contributed by atoms with E-state index in [9.17, 15) is 4.79 Å². The molecular weight excluding hydrogens is 316 g/mol. The van der Waals surface area contributed by atoms with E-state index in [4.69, 9.17) is 14.2 Å². The van der Waals surface area contributed by atoms with E-state index in [1.807, 2.05) is 60.7 Å². The number of esters is 1. The zero-order chi connectivity index (χ0) is 17.9. The average molecular weight is 338 g/mol. The molecule has 0 aliphatic heterocycles. The van der Waals surface area contributed by atoms with Crippen LogP contribution in [0.15, 0.2) is 60.7 Å². The summed E-state index contributed by atoms with van der Waals surface area (Å²) in [6, 6.07) is 19.1. The third-order valence-electron chi connectivity index (χ3n) is 3.44. The molecule has 0 saturated carbocycles. The number of hydrogen-bond acceptors (Lipinski definition) is 4. The van der Waals surface area contributed by atoms with Crippen molar-refractivity contribution in [3.05, 3.63) is 71.8 Å². The number of hydrogen-bond donors (Lipinski definition) is 0. The van der Waals surface area contributed by atoms with E-state index in [2.05, 4.69) is 11.8 Å². The summed E-state index contributed by atoms with van der Waals surface area (Å²) in [5.74, 6) is 5.27. The van der Waals surface area contributed by atoms with Crippen molar-refractivity contribution in [2.45, 2.75) is 25.7 Å². The van der Waals surface area contributed by atoms with E-state index in [0.717, 1.165) is 11.1 Å². The van der Waals surface area contributed by atoms with Gasteiger partial charge >= 0.3 is 5.97 Å². The molecule has 4 heteroatoms. The Bertz CT molecular complexity index is 701. The first kappa shape index (κ1) is 18.7. The van der Waals surface area contributed by atoms with Gasteiger partial charge in [-0.1, -0.05) is 72.5 Å². The van der Waals surface area contributed by atoms with Gasteiger partial charge in [-0.25, -0.2) is 4.79 Å². The number of carbonyl (C=O) groups excluding carboxylic acids is 1. The normalized spacial score (nSPS) is 12.6. The molecule has 2 aromatic rings. The first-order valence-corrected chi connectivity index (χ1v) is 8.09. The fourth-order valence-corrected chi connectivity index (χ4v) is 2.24. The van der Waals surface area contributed by atoms with Crippen LogP contribution in [0.1, 0.15) is 24.2 Å². The molecule has 0 N–H and O–H groups in total. The lowest BCUT2D eigenvalue weighted by Gasteiger charge is -2.16. The number of methoxy groups -OCH3 is 1. The summed E-state index contributed by atoms with van der Waals surface area (Å²) in [5, 5.41) is 0. The van der Waals surface area contributed by atoms with Crippen LogP contribution in [-0.2, 0) is 25.6 Å². The molecule has 0 spiro atoms. The van der Waals surface area contributed by atoms with E-state index < -0.39 is 18.2 Å². The van der Waals surface area contributed by atoms with Gasteiger partial charge in [-0.3, -0.25) is 0 Å². The number of carbonyl (C=O) groups is 1. The van der Waals surface area contributed by atoms with Crippen molar-refractivity contribution in [2.24, 2.45) is 0 Å². The average Bonchev–Trinajstić information content (AvgIpc) is 2.64. The Morgan fingerprint density at radius 2 is 1.68 bits per heavy atom. The highest BCUT2D eigenvalue weighted by atomic mass is 16.6. The Balaban J connectivity index is 1.77. The van der Waals surface area contributed by atoms with E-state index in [-0.39, 0.29) is 6.61 Å². The van der Waals surface area contributed by atoms with Crippen molar-refractivity contribution in [1.82, 2.24) is 0 Å². The van der Waals surface area contributed by atoms with Gasteiger partial charge in [0.25, 0.3) is 0 Å². The molecule has 2 rings (SSSR count). The summed E-state index contributed by atoms with van der Waals surface area (Å²) >= 11 is 0. The van der Waals surface area contributed by atoms with Crippen molar-refractivity contribution >= 4 is 5.97 Å². The van der Waals surface area contributed by atoms with Crippen LogP contribution >= 0.6 is 0 Å². The molecule has 0 amide bonds. The van der Waals surface area contributed by atoms with Gasteiger partial charge in [0.1, 0.15) is 6.61 Å². The first-order valence-electron chi connectivity index (χ1n) is 8.09. The predicted octanol–water partition coefficient (Wildman–Crippen LogP) is 3.53. The fourth-order valence-electron chi connectivity index (χ4n) is 2.24. The number of benzene rings is 2. The monoisotopic (exact) mass is 338 g/mol. The predicted molar refractivity (Wildman–Crippen MR) is 95.6 cm³/mol. The molecule has 0 heterocycles. The van der Waals surface area contributed by atoms with Crippen LogP contribution in [0.4, 0.5) is 0 Å². The zero-order valence-corrected chi connectivity index (χ0v) is 14.5. The quantitative estimate of drug-likeness (QED) is 0.440. The van der Waals surface area contributed by atoms with Crippen LogP contribution in [0.25, 0.3) is 0 Å². The highest BCUT2D eigenvalue weighted by Gasteiger charge is 2.22. The number of rotatable bonds is 7. The molecule has 0 fully saturated rings. The highest BCUT2D eigenvalue weighted by molar-refractivity contribution is 5.76. The zero-order valence-electron chi connectivity index (χ0n) is 14.5. The lowest BCUT2D eigenvalue weighted by Crippen LogP contribution is -2.21. The van der Waals surface area contributed by atoms with Gasteiger partial charge in [0.05, 0.1) is 6.61 Å². The van der Waals surface area contributed by atoms with Gasteiger partial charge in [0, 0.05) is 7.11 Å². The third kappa shape index (κ3) is 6.42. The summed E-state index contributed by atoms with van der Waals surface area (Å²) in [4.78, 5) is 12.2. The minimum absolute atomic E-state index is 0.281. The van der Waals surface area contributed by atoms with Crippen LogP contribution in [0, 0.1) is 11.8 Å². The van der Waals surface area contributed by atoms with Gasteiger partial charge in [-0.05, 0) is 18.1 Å². The standard InChI is InChI=1S/C21H22O4/c1-17(10-9-15-24-16-18-11-5-3-6-12-18)25-21(22)20(23-2)19-13-7-4-8-14-19/h3-8,11-14,17,20H,15-16H2,1-2H3/t17-,20+/m1/s1. The molecule has 25 heavy (non-hydrogen) atoms. The van der Waals surface area contributed by atoms with Crippen molar-refractivity contribution in [2.75, 3.05) is 13.7 Å². The van der Waals surface area contributed by atoms with Crippen LogP contribution in [-0.4, -0.2) is 25.8 Å². The summed E-state index contributed by atoms with van der Waals surface area (Å²) in [6.07, 6.45) is -1.28. The minimum atomic E-state index is -0.750. The second kappa shape index (κ2) is 10.3. The molecule has 0 radical (unpaired) electrons. The van der Waals surface area contributed by atoms with Gasteiger partial charge in [-0.2, -0.15) is 0 Å². The topological polar surface area (TPSA) is 44.8 Å². The molecule has 4 nitrogen and oxygen atoms in total. The van der Waals surface area contributed by atoms with Crippen LogP contribution in [0.2, 0.25) is 0 Å². The summed E-state index contributed by atoms with van der Waals surface area (Å²) in [7, 11) is 1.48. The summed E-state index contributed by atoms with van der Waals surface area (Å²) < 4.78 is 16.0. The van der Waals surface area contributed by atoms with Crippen LogP contribution < -0.4 is 0 Å². The molecule has 2 aromatic carbocycles. The summed E-state index contributed by atoms with van der Waals surface area (Å²) in [6.45, 7) is 2.51. The molecule has 0 aromatic heterocycles. The Hall–Kier alpha value is -2.61. The lowest BCUT2D eigenvalue weighted by molar-refractivity contribution is -0.158. The van der Waals surface area contributed by atoms with Gasteiger partial charge in [0.15, 0.2) is 12.2 Å². The Morgan fingerprint density at radius 1 is 1.04 bits per heavy atom.